The number of hydrogen-bond acceptors (Lipinski definition) is 4. The molecule has 0 unspecified atom stereocenters. The van der Waals surface area contributed by atoms with Gasteiger partial charge in [0.05, 0.1) is 10.6 Å². The topological polar surface area (TPSA) is 82.4 Å². The summed E-state index contributed by atoms with van der Waals surface area (Å²) in [5.41, 5.74) is 2.54. The summed E-state index contributed by atoms with van der Waals surface area (Å²) < 4.78 is 1.74. The van der Waals surface area contributed by atoms with E-state index in [1.807, 2.05) is 54.9 Å². The smallest absolute Gasteiger partial charge is 0.269 e. The number of aliphatic imine (C=N–C) groups is 1. The molecule has 1 heterocycles. The van der Waals surface area contributed by atoms with Gasteiger partial charge in [-0.05, 0) is 23.3 Å². The van der Waals surface area contributed by atoms with Gasteiger partial charge in [0.15, 0.2) is 18.9 Å². The Hall–Kier alpha value is -3.06. The van der Waals surface area contributed by atoms with Crippen molar-refractivity contribution < 1.29 is 14.6 Å². The Bertz CT molecular complexity index is 896. The van der Waals surface area contributed by atoms with Gasteiger partial charge in [0.25, 0.3) is 5.69 Å². The third-order valence-corrected chi connectivity index (χ3v) is 3.63. The van der Waals surface area contributed by atoms with Crippen molar-refractivity contribution in [2.24, 2.45) is 4.99 Å². The van der Waals surface area contributed by atoms with Crippen LogP contribution in [0.3, 0.4) is 0 Å². The lowest BCUT2D eigenvalue weighted by Gasteiger charge is -2.07. The maximum absolute atomic E-state index is 12.0. The first kappa shape index (κ1) is 19.3. The molecule has 0 aliphatic carbocycles. The minimum Gasteiger partial charge on any atom is -0.857 e. The van der Waals surface area contributed by atoms with Crippen LogP contribution in [0.2, 0.25) is 0 Å². The Balaban J connectivity index is 0.00000243. The number of nitro benzene ring substituents is 1. The first-order valence-corrected chi connectivity index (χ1v) is 7.65. The van der Waals surface area contributed by atoms with E-state index in [9.17, 15) is 15.2 Å². The van der Waals surface area contributed by atoms with Gasteiger partial charge in [-0.15, -0.1) is 17.0 Å². The van der Waals surface area contributed by atoms with Crippen molar-refractivity contribution in [3.63, 3.8) is 0 Å². The second kappa shape index (κ2) is 8.87. The minimum absolute atomic E-state index is 0. The number of rotatable bonds is 5. The number of pyridine rings is 1. The van der Waals surface area contributed by atoms with Crippen LogP contribution in [-0.4, -0.2) is 10.8 Å². The molecule has 0 amide bonds. The molecule has 0 spiro atoms. The summed E-state index contributed by atoms with van der Waals surface area (Å²) in [6.45, 7) is 0.103. The van der Waals surface area contributed by atoms with Crippen molar-refractivity contribution in [3.8, 4) is 11.1 Å². The van der Waals surface area contributed by atoms with Crippen LogP contribution in [0.1, 0.15) is 0 Å². The van der Waals surface area contributed by atoms with Crippen LogP contribution in [0.5, 0.6) is 0 Å². The number of nitro groups is 1. The molecule has 0 saturated heterocycles. The van der Waals surface area contributed by atoms with Crippen LogP contribution in [0.15, 0.2) is 84.1 Å². The van der Waals surface area contributed by atoms with Gasteiger partial charge in [0.2, 0.25) is 0 Å². The van der Waals surface area contributed by atoms with Crippen LogP contribution in [-0.2, 0) is 6.54 Å². The van der Waals surface area contributed by atoms with Crippen LogP contribution in [0, 0.1) is 10.1 Å². The van der Waals surface area contributed by atoms with Crippen LogP contribution >= 0.6 is 17.0 Å². The molecule has 3 rings (SSSR count). The summed E-state index contributed by atoms with van der Waals surface area (Å²) in [6.07, 6.45) is 3.65. The van der Waals surface area contributed by atoms with E-state index in [0.717, 1.165) is 11.1 Å². The van der Waals surface area contributed by atoms with Crippen molar-refractivity contribution in [3.05, 3.63) is 89.2 Å². The Labute approximate surface area is 161 Å². The Morgan fingerprint density at radius 1 is 0.923 bits per heavy atom. The molecule has 0 saturated carbocycles. The van der Waals surface area contributed by atoms with Crippen molar-refractivity contribution in [2.75, 3.05) is 0 Å². The molecule has 0 fully saturated rings. The number of aromatic nitrogens is 1. The summed E-state index contributed by atoms with van der Waals surface area (Å²) in [5.74, 6) is -0.327. The summed E-state index contributed by atoms with van der Waals surface area (Å²) in [7, 11) is 0. The maximum atomic E-state index is 12.0. The first-order valence-electron chi connectivity index (χ1n) is 7.65. The van der Waals surface area contributed by atoms with Crippen molar-refractivity contribution in [1.29, 1.82) is 0 Å². The zero-order chi connectivity index (χ0) is 17.6. The van der Waals surface area contributed by atoms with Crippen LogP contribution in [0.4, 0.5) is 11.4 Å². The monoisotopic (exact) mass is 413 g/mol. The van der Waals surface area contributed by atoms with Gasteiger partial charge in [-0.25, -0.2) is 4.57 Å². The molecule has 2 aromatic carbocycles. The average molecular weight is 414 g/mol. The average Bonchev–Trinajstić information content (AvgIpc) is 2.63. The zero-order valence-electron chi connectivity index (χ0n) is 13.7. The molecule has 0 N–H and O–H groups in total. The Kier molecular flexibility index (Phi) is 6.57. The molecule has 0 radical (unpaired) electrons. The van der Waals surface area contributed by atoms with Gasteiger partial charge >= 0.3 is 0 Å². The standard InChI is InChI=1S/C19H15N3O3.BrH/c23-19(20-17-6-8-18(9-7-17)22(24)25)14-21-12-10-16(11-13-21)15-4-2-1-3-5-15;/h1-13H,14H2;1H. The molecule has 0 aliphatic heterocycles. The zero-order valence-corrected chi connectivity index (χ0v) is 15.4. The minimum atomic E-state index is -0.490. The summed E-state index contributed by atoms with van der Waals surface area (Å²) in [5, 5.41) is 22.6. The summed E-state index contributed by atoms with van der Waals surface area (Å²) >= 11 is 0. The normalized spacial score (nSPS) is 10.8. The summed E-state index contributed by atoms with van der Waals surface area (Å²) in [4.78, 5) is 14.1. The van der Waals surface area contributed by atoms with E-state index in [-0.39, 0.29) is 35.1 Å². The molecule has 0 aliphatic rings. The highest BCUT2D eigenvalue weighted by Crippen LogP contribution is 2.18. The van der Waals surface area contributed by atoms with Crippen LogP contribution in [0.25, 0.3) is 11.1 Å². The molecule has 132 valence electrons. The number of halogens is 1. The third-order valence-electron chi connectivity index (χ3n) is 3.63. The lowest BCUT2D eigenvalue weighted by atomic mass is 10.1. The molecule has 0 bridgehead atoms. The lowest BCUT2D eigenvalue weighted by Crippen LogP contribution is -2.41. The van der Waals surface area contributed by atoms with Gasteiger partial charge in [0, 0.05) is 30.2 Å². The van der Waals surface area contributed by atoms with E-state index in [0.29, 0.717) is 5.69 Å². The van der Waals surface area contributed by atoms with E-state index in [4.69, 9.17) is 0 Å². The predicted octanol–water partition coefficient (Wildman–Crippen LogP) is 3.22. The largest absolute Gasteiger partial charge is 0.857 e. The molecule has 26 heavy (non-hydrogen) atoms. The third kappa shape index (κ3) is 4.97. The first-order chi connectivity index (χ1) is 12.1. The number of benzene rings is 2. The predicted molar refractivity (Wildman–Crippen MR) is 103 cm³/mol. The van der Waals surface area contributed by atoms with Crippen molar-refractivity contribution >= 4 is 34.3 Å². The summed E-state index contributed by atoms with van der Waals surface area (Å²) in [6, 6.07) is 19.4. The number of nitrogens with zero attached hydrogens (tertiary/aromatic N) is 3. The fourth-order valence-electron chi connectivity index (χ4n) is 2.37. The molecule has 3 aromatic rings. The fourth-order valence-corrected chi connectivity index (χ4v) is 2.37. The molecule has 0 atom stereocenters. The molecule has 7 heteroatoms. The number of hydrogen-bond donors (Lipinski definition) is 0. The van der Waals surface area contributed by atoms with E-state index in [1.165, 1.54) is 24.3 Å². The Morgan fingerprint density at radius 3 is 2.08 bits per heavy atom. The highest BCUT2D eigenvalue weighted by atomic mass is 79.9. The van der Waals surface area contributed by atoms with Gasteiger partial charge in [-0.3, -0.25) is 15.1 Å². The van der Waals surface area contributed by atoms with E-state index in [1.54, 1.807) is 4.57 Å². The second-order valence-corrected chi connectivity index (χ2v) is 5.40. The van der Waals surface area contributed by atoms with Crippen molar-refractivity contribution in [1.82, 2.24) is 0 Å². The van der Waals surface area contributed by atoms with Crippen molar-refractivity contribution in [2.45, 2.75) is 6.54 Å². The second-order valence-electron chi connectivity index (χ2n) is 5.40. The van der Waals surface area contributed by atoms with Gasteiger partial charge in [-0.2, -0.15) is 0 Å². The molecule has 6 nitrogen and oxygen atoms in total. The van der Waals surface area contributed by atoms with Gasteiger partial charge in [0.1, 0.15) is 0 Å². The number of non-ortho nitro benzene ring substituents is 1. The van der Waals surface area contributed by atoms with Gasteiger partial charge in [-0.1, -0.05) is 30.3 Å². The maximum Gasteiger partial charge on any atom is 0.269 e. The lowest BCUT2D eigenvalue weighted by molar-refractivity contribution is -0.687. The van der Waals surface area contributed by atoms with E-state index >= 15 is 0 Å². The SMILES string of the molecule is Br.O=[N+]([O-])c1ccc(N=C([O-])C[n+]2ccc(-c3ccccc3)cc2)cc1. The highest BCUT2D eigenvalue weighted by molar-refractivity contribution is 8.93. The Morgan fingerprint density at radius 2 is 1.50 bits per heavy atom. The van der Waals surface area contributed by atoms with Crippen LogP contribution < -0.4 is 9.67 Å². The quantitative estimate of drug-likeness (QED) is 0.211. The van der Waals surface area contributed by atoms with E-state index in [2.05, 4.69) is 4.99 Å². The van der Waals surface area contributed by atoms with E-state index < -0.39 is 4.92 Å². The fraction of sp³-hybridized carbons (Fsp3) is 0.0526. The highest BCUT2D eigenvalue weighted by Gasteiger charge is 2.05. The molecular weight excluding hydrogens is 398 g/mol. The molecule has 1 aromatic heterocycles. The molecular formula is C19H16BrN3O3. The van der Waals surface area contributed by atoms with Gasteiger partial charge < -0.3 is 5.11 Å².